The van der Waals surface area contributed by atoms with Gasteiger partial charge in [-0.2, -0.15) is 0 Å². The van der Waals surface area contributed by atoms with E-state index in [0.29, 0.717) is 12.8 Å². The van der Waals surface area contributed by atoms with Crippen molar-refractivity contribution in [2.24, 2.45) is 5.73 Å². The number of nitrogens with two attached hydrogens (primary N) is 1. The van der Waals surface area contributed by atoms with E-state index in [4.69, 9.17) is 10.5 Å². The molecule has 1 aliphatic heterocycles. The van der Waals surface area contributed by atoms with Crippen molar-refractivity contribution < 1.29 is 9.53 Å². The Hall–Kier alpha value is -1.55. The molecule has 1 aromatic carbocycles. The molecule has 0 fully saturated rings. The maximum Gasteiger partial charge on any atom is 0.226 e. The molecule has 1 amide bonds. The second-order valence-electron chi connectivity index (χ2n) is 5.83. The molecule has 0 aromatic heterocycles. The van der Waals surface area contributed by atoms with Gasteiger partial charge in [-0.05, 0) is 44.0 Å². The Morgan fingerprint density at radius 1 is 1.47 bits per heavy atom. The number of carbonyl (C=O) groups excluding carboxylic acids is 1. The minimum Gasteiger partial charge on any atom is -0.493 e. The predicted octanol–water partition coefficient (Wildman–Crippen LogP) is 2.10. The summed E-state index contributed by atoms with van der Waals surface area (Å²) in [6.45, 7) is 4.61. The van der Waals surface area contributed by atoms with Gasteiger partial charge in [0.05, 0.1) is 6.61 Å². The van der Waals surface area contributed by atoms with Crippen molar-refractivity contribution in [3.8, 4) is 5.75 Å². The van der Waals surface area contributed by atoms with Crippen LogP contribution in [-0.2, 0) is 11.2 Å². The highest BCUT2D eigenvalue weighted by atomic mass is 16.5. The summed E-state index contributed by atoms with van der Waals surface area (Å²) in [5, 5.41) is 0. The third-order valence-electron chi connectivity index (χ3n) is 3.42. The van der Waals surface area contributed by atoms with Gasteiger partial charge >= 0.3 is 0 Å². The van der Waals surface area contributed by atoms with Crippen LogP contribution in [0.25, 0.3) is 0 Å². The predicted molar refractivity (Wildman–Crippen MR) is 76.6 cm³/mol. The molecular weight excluding hydrogens is 240 g/mol. The second-order valence-corrected chi connectivity index (χ2v) is 5.83. The lowest BCUT2D eigenvalue weighted by Gasteiger charge is -2.22. The Morgan fingerprint density at radius 2 is 2.21 bits per heavy atom. The monoisotopic (exact) mass is 262 g/mol. The van der Waals surface area contributed by atoms with Crippen LogP contribution in [-0.4, -0.2) is 25.1 Å². The fourth-order valence-corrected chi connectivity index (χ4v) is 2.12. The lowest BCUT2D eigenvalue weighted by molar-refractivity contribution is -0.118. The molecule has 0 bridgehead atoms. The summed E-state index contributed by atoms with van der Waals surface area (Å²) in [6, 6.07) is 5.90. The standard InChI is InChI=1S/C15H22N2O2/c1-15(2,16)8-6-14(18)17(3)12-4-5-13-11(10-12)7-9-19-13/h4-5,10H,6-9,16H2,1-3H3. The summed E-state index contributed by atoms with van der Waals surface area (Å²) < 4.78 is 5.47. The molecule has 4 heteroatoms. The number of hydrogen-bond acceptors (Lipinski definition) is 3. The zero-order valence-electron chi connectivity index (χ0n) is 11.9. The fraction of sp³-hybridized carbons (Fsp3) is 0.533. The Kier molecular flexibility index (Phi) is 3.80. The number of benzene rings is 1. The zero-order valence-corrected chi connectivity index (χ0v) is 11.9. The number of ether oxygens (including phenoxy) is 1. The normalized spacial score (nSPS) is 13.9. The van der Waals surface area contributed by atoms with Crippen molar-refractivity contribution in [2.75, 3.05) is 18.6 Å². The molecule has 0 radical (unpaired) electrons. The van der Waals surface area contributed by atoms with Crippen molar-refractivity contribution in [3.05, 3.63) is 23.8 Å². The molecule has 104 valence electrons. The molecule has 2 rings (SSSR count). The molecule has 19 heavy (non-hydrogen) atoms. The maximum absolute atomic E-state index is 12.1. The Balaban J connectivity index is 2.03. The van der Waals surface area contributed by atoms with Crippen LogP contribution in [0.5, 0.6) is 5.75 Å². The van der Waals surface area contributed by atoms with Crippen molar-refractivity contribution in [2.45, 2.75) is 38.6 Å². The molecule has 0 spiro atoms. The van der Waals surface area contributed by atoms with Crippen LogP contribution < -0.4 is 15.4 Å². The summed E-state index contributed by atoms with van der Waals surface area (Å²) >= 11 is 0. The van der Waals surface area contributed by atoms with E-state index in [1.54, 1.807) is 4.90 Å². The molecule has 1 heterocycles. The molecule has 0 unspecified atom stereocenters. The van der Waals surface area contributed by atoms with Crippen molar-refractivity contribution in [1.29, 1.82) is 0 Å². The Labute approximate surface area is 114 Å². The van der Waals surface area contributed by atoms with Crippen LogP contribution >= 0.6 is 0 Å². The zero-order chi connectivity index (χ0) is 14.0. The minimum absolute atomic E-state index is 0.0948. The molecule has 0 atom stereocenters. The first-order valence-electron chi connectivity index (χ1n) is 6.68. The van der Waals surface area contributed by atoms with Gasteiger partial charge in [0, 0.05) is 31.1 Å². The molecule has 0 aliphatic carbocycles. The average Bonchev–Trinajstić information content (AvgIpc) is 2.81. The van der Waals surface area contributed by atoms with Crippen LogP contribution in [0.1, 0.15) is 32.3 Å². The van der Waals surface area contributed by atoms with Gasteiger partial charge in [0.25, 0.3) is 0 Å². The van der Waals surface area contributed by atoms with Gasteiger partial charge in [0.1, 0.15) is 5.75 Å². The first kappa shape index (κ1) is 13.9. The molecule has 1 aromatic rings. The summed E-state index contributed by atoms with van der Waals surface area (Å²) in [6.07, 6.45) is 2.07. The van der Waals surface area contributed by atoms with Crippen LogP contribution in [0.3, 0.4) is 0 Å². The van der Waals surface area contributed by atoms with E-state index in [1.165, 1.54) is 5.56 Å². The van der Waals surface area contributed by atoms with Crippen molar-refractivity contribution >= 4 is 11.6 Å². The highest BCUT2D eigenvalue weighted by Gasteiger charge is 2.18. The van der Waals surface area contributed by atoms with Gasteiger partial charge in [0.2, 0.25) is 5.91 Å². The fourth-order valence-electron chi connectivity index (χ4n) is 2.12. The molecule has 0 saturated carbocycles. The summed E-state index contributed by atoms with van der Waals surface area (Å²) in [5.74, 6) is 1.03. The summed E-state index contributed by atoms with van der Waals surface area (Å²) in [7, 11) is 1.81. The Morgan fingerprint density at radius 3 is 2.89 bits per heavy atom. The molecule has 0 saturated heterocycles. The maximum atomic E-state index is 12.1. The number of nitrogens with zero attached hydrogens (tertiary/aromatic N) is 1. The number of anilines is 1. The first-order chi connectivity index (χ1) is 8.87. The highest BCUT2D eigenvalue weighted by molar-refractivity contribution is 5.93. The number of fused-ring (bicyclic) bond motifs is 1. The van der Waals surface area contributed by atoms with Gasteiger partial charge in [-0.1, -0.05) is 0 Å². The van der Waals surface area contributed by atoms with E-state index in [-0.39, 0.29) is 11.4 Å². The van der Waals surface area contributed by atoms with E-state index >= 15 is 0 Å². The van der Waals surface area contributed by atoms with Gasteiger partial charge < -0.3 is 15.4 Å². The van der Waals surface area contributed by atoms with Crippen molar-refractivity contribution in [3.63, 3.8) is 0 Å². The number of amides is 1. The van der Waals surface area contributed by atoms with E-state index < -0.39 is 0 Å². The van der Waals surface area contributed by atoms with Crippen LogP contribution in [0, 0.1) is 0 Å². The number of carbonyl (C=O) groups is 1. The van der Waals surface area contributed by atoms with Gasteiger partial charge in [-0.3, -0.25) is 4.79 Å². The van der Waals surface area contributed by atoms with E-state index in [0.717, 1.165) is 24.5 Å². The average molecular weight is 262 g/mol. The summed E-state index contributed by atoms with van der Waals surface area (Å²) in [5.41, 5.74) is 7.70. The number of hydrogen-bond donors (Lipinski definition) is 1. The lowest BCUT2D eigenvalue weighted by Crippen LogP contribution is -2.35. The smallest absolute Gasteiger partial charge is 0.226 e. The highest BCUT2D eigenvalue weighted by Crippen LogP contribution is 2.29. The molecule has 2 N–H and O–H groups in total. The topological polar surface area (TPSA) is 55.6 Å². The van der Waals surface area contributed by atoms with Crippen LogP contribution in [0.15, 0.2) is 18.2 Å². The summed E-state index contributed by atoms with van der Waals surface area (Å²) in [4.78, 5) is 13.8. The number of rotatable bonds is 4. The van der Waals surface area contributed by atoms with Gasteiger partial charge in [0.15, 0.2) is 0 Å². The van der Waals surface area contributed by atoms with Gasteiger partial charge in [-0.15, -0.1) is 0 Å². The van der Waals surface area contributed by atoms with Crippen LogP contribution in [0.4, 0.5) is 5.69 Å². The first-order valence-corrected chi connectivity index (χ1v) is 6.68. The quantitative estimate of drug-likeness (QED) is 0.904. The third-order valence-corrected chi connectivity index (χ3v) is 3.42. The Bertz CT molecular complexity index is 478. The molecule has 1 aliphatic rings. The lowest BCUT2D eigenvalue weighted by atomic mass is 9.99. The van der Waals surface area contributed by atoms with Crippen LogP contribution in [0.2, 0.25) is 0 Å². The van der Waals surface area contributed by atoms with E-state index in [2.05, 4.69) is 0 Å². The third kappa shape index (κ3) is 3.47. The SMILES string of the molecule is CN(C(=O)CCC(C)(C)N)c1ccc2c(c1)CCO2. The van der Waals surface area contributed by atoms with Gasteiger partial charge in [-0.25, -0.2) is 0 Å². The van der Waals surface area contributed by atoms with E-state index in [1.807, 2.05) is 39.1 Å². The largest absolute Gasteiger partial charge is 0.493 e. The molecule has 4 nitrogen and oxygen atoms in total. The molecular formula is C15H22N2O2. The second kappa shape index (κ2) is 5.21. The van der Waals surface area contributed by atoms with E-state index in [9.17, 15) is 4.79 Å². The van der Waals surface area contributed by atoms with Crippen molar-refractivity contribution in [1.82, 2.24) is 0 Å². The minimum atomic E-state index is -0.303.